The van der Waals surface area contributed by atoms with Crippen LogP contribution in [0, 0.1) is 10.1 Å². The lowest BCUT2D eigenvalue weighted by Crippen LogP contribution is -1.96. The third kappa shape index (κ3) is 67.7. The predicted octanol–water partition coefficient (Wildman–Crippen LogP) is 0.764. The largest absolute Gasteiger partial charge is 0.481 e. The fourth-order valence-corrected chi connectivity index (χ4v) is 0.183. The highest BCUT2D eigenvalue weighted by atomic mass is 16.6. The van der Waals surface area contributed by atoms with Crippen molar-refractivity contribution in [3.63, 3.8) is 0 Å². The third-order valence-electron chi connectivity index (χ3n) is 0.406. The van der Waals surface area contributed by atoms with E-state index in [0.29, 0.717) is 6.42 Å². The minimum Gasteiger partial charge on any atom is -0.481 e. The van der Waals surface area contributed by atoms with E-state index in [-0.39, 0.29) is 11.5 Å². The van der Waals surface area contributed by atoms with Gasteiger partial charge in [-0.25, -0.2) is 0 Å². The van der Waals surface area contributed by atoms with Crippen LogP contribution in [0.15, 0.2) is 0 Å². The molecule has 60 valence electrons. The maximum absolute atomic E-state index is 9.40. The number of rotatable bonds is 2. The van der Waals surface area contributed by atoms with E-state index in [9.17, 15) is 10.1 Å². The summed E-state index contributed by atoms with van der Waals surface area (Å²) in [5.41, 5.74) is 0. The summed E-state index contributed by atoms with van der Waals surface area (Å²) in [6.07, 6.45) is 0.632. The maximum atomic E-state index is 9.40. The summed E-state index contributed by atoms with van der Waals surface area (Å²) in [4.78, 5) is 18.1. The van der Waals surface area contributed by atoms with Crippen molar-refractivity contribution >= 4 is 5.97 Å². The van der Waals surface area contributed by atoms with E-state index >= 15 is 0 Å². The molecule has 0 amide bonds. The fraction of sp³-hybridized carbons (Fsp3) is 0.800. The Balaban J connectivity index is 0. The van der Waals surface area contributed by atoms with Gasteiger partial charge in [0.25, 0.3) is 5.97 Å². The molecule has 0 radical (unpaired) electrons. The molecule has 0 saturated carbocycles. The van der Waals surface area contributed by atoms with E-state index in [0.717, 1.165) is 6.92 Å². The number of carbonyl (C=O) groups is 1. The Kier molecular flexibility index (Phi) is 9.16. The maximum Gasteiger partial charge on any atom is 0.300 e. The molecule has 10 heavy (non-hydrogen) atoms. The van der Waals surface area contributed by atoms with Crippen LogP contribution < -0.4 is 0 Å². The van der Waals surface area contributed by atoms with Gasteiger partial charge in [-0.2, -0.15) is 0 Å². The molecule has 0 unspecified atom stereocenters. The smallest absolute Gasteiger partial charge is 0.300 e. The van der Waals surface area contributed by atoms with Crippen LogP contribution in [-0.4, -0.2) is 22.5 Å². The van der Waals surface area contributed by atoms with Crippen molar-refractivity contribution in [2.24, 2.45) is 0 Å². The second-order valence-corrected chi connectivity index (χ2v) is 1.58. The van der Waals surface area contributed by atoms with Crippen molar-refractivity contribution in [2.75, 3.05) is 6.54 Å². The average molecular weight is 149 g/mol. The van der Waals surface area contributed by atoms with E-state index in [1.165, 1.54) is 0 Å². The summed E-state index contributed by atoms with van der Waals surface area (Å²) in [7, 11) is 0. The Labute approximate surface area is 58.8 Å². The fourth-order valence-electron chi connectivity index (χ4n) is 0.183. The molecule has 0 aromatic carbocycles. The van der Waals surface area contributed by atoms with Crippen molar-refractivity contribution in [2.45, 2.75) is 20.3 Å². The van der Waals surface area contributed by atoms with Crippen molar-refractivity contribution in [3.8, 4) is 0 Å². The van der Waals surface area contributed by atoms with Crippen LogP contribution >= 0.6 is 0 Å². The molecule has 0 bridgehead atoms. The first-order valence-corrected chi connectivity index (χ1v) is 2.82. The first-order chi connectivity index (χ1) is 4.50. The molecule has 0 atom stereocenters. The van der Waals surface area contributed by atoms with Crippen LogP contribution in [0.5, 0.6) is 0 Å². The van der Waals surface area contributed by atoms with Gasteiger partial charge in [0.15, 0.2) is 0 Å². The normalized spacial score (nSPS) is 7.40. The summed E-state index contributed by atoms with van der Waals surface area (Å²) in [5.74, 6) is -0.833. The molecule has 5 nitrogen and oxygen atoms in total. The highest BCUT2D eigenvalue weighted by Crippen LogP contribution is 1.72. The van der Waals surface area contributed by atoms with Gasteiger partial charge in [0.2, 0.25) is 6.54 Å². The van der Waals surface area contributed by atoms with Crippen LogP contribution in [-0.2, 0) is 4.79 Å². The van der Waals surface area contributed by atoms with Crippen LogP contribution in [0.25, 0.3) is 0 Å². The number of hydrogen-bond donors (Lipinski definition) is 1. The summed E-state index contributed by atoms with van der Waals surface area (Å²) in [6.45, 7) is 2.96. The summed E-state index contributed by atoms with van der Waals surface area (Å²) in [5, 5.41) is 16.8. The molecule has 5 heteroatoms. The van der Waals surface area contributed by atoms with Crippen molar-refractivity contribution in [1.82, 2.24) is 0 Å². The Morgan fingerprint density at radius 3 is 2.00 bits per heavy atom. The zero-order valence-corrected chi connectivity index (χ0v) is 6.03. The van der Waals surface area contributed by atoms with E-state index in [4.69, 9.17) is 9.90 Å². The van der Waals surface area contributed by atoms with Crippen LogP contribution in [0.4, 0.5) is 0 Å². The molecule has 1 N–H and O–H groups in total. The highest BCUT2D eigenvalue weighted by molar-refractivity contribution is 5.62. The number of hydrogen-bond acceptors (Lipinski definition) is 3. The Morgan fingerprint density at radius 1 is 1.70 bits per heavy atom. The van der Waals surface area contributed by atoms with Crippen molar-refractivity contribution < 1.29 is 14.8 Å². The van der Waals surface area contributed by atoms with E-state index in [1.807, 2.05) is 0 Å². The predicted molar refractivity (Wildman–Crippen MR) is 35.5 cm³/mol. The molecular weight excluding hydrogens is 138 g/mol. The molecule has 0 aliphatic carbocycles. The molecule has 0 rings (SSSR count). The van der Waals surface area contributed by atoms with Crippen LogP contribution in [0.3, 0.4) is 0 Å². The lowest BCUT2D eigenvalue weighted by molar-refractivity contribution is -0.479. The van der Waals surface area contributed by atoms with E-state index in [1.54, 1.807) is 6.92 Å². The van der Waals surface area contributed by atoms with Gasteiger partial charge in [-0.05, 0) is 0 Å². The number of carboxylic acids is 1. The lowest BCUT2D eigenvalue weighted by atomic mass is 10.5. The van der Waals surface area contributed by atoms with E-state index < -0.39 is 5.97 Å². The molecule has 0 saturated heterocycles. The standard InChI is InChI=1S/C3H7NO2.C2H4O2/c1-2-3-4(5)6;1-2(3)4/h2-3H2,1H3;1H3,(H,3,4). The topological polar surface area (TPSA) is 80.4 Å². The molecule has 0 heterocycles. The quantitative estimate of drug-likeness (QED) is 0.464. The van der Waals surface area contributed by atoms with Gasteiger partial charge in [0, 0.05) is 18.3 Å². The summed E-state index contributed by atoms with van der Waals surface area (Å²) in [6, 6.07) is 0. The monoisotopic (exact) mass is 149 g/mol. The van der Waals surface area contributed by atoms with Gasteiger partial charge < -0.3 is 5.11 Å². The second-order valence-electron chi connectivity index (χ2n) is 1.58. The molecular formula is C5H11NO4. The minimum absolute atomic E-state index is 0.0972. The Bertz CT molecular complexity index is 108. The number of aliphatic carboxylic acids is 1. The number of nitro groups is 1. The molecule has 0 aromatic heterocycles. The van der Waals surface area contributed by atoms with Crippen LogP contribution in [0.2, 0.25) is 0 Å². The van der Waals surface area contributed by atoms with Crippen molar-refractivity contribution in [3.05, 3.63) is 10.1 Å². The second kappa shape index (κ2) is 7.87. The minimum atomic E-state index is -0.833. The highest BCUT2D eigenvalue weighted by Gasteiger charge is 1.85. The SMILES string of the molecule is CC(=O)O.CCC[N+](=O)[O-]. The number of carboxylic acid groups (broad SMARTS) is 1. The third-order valence-corrected chi connectivity index (χ3v) is 0.406. The van der Waals surface area contributed by atoms with Crippen LogP contribution in [0.1, 0.15) is 20.3 Å². The van der Waals surface area contributed by atoms with E-state index in [2.05, 4.69) is 0 Å². The van der Waals surface area contributed by atoms with Gasteiger partial charge >= 0.3 is 0 Å². The summed E-state index contributed by atoms with van der Waals surface area (Å²) >= 11 is 0. The Morgan fingerprint density at radius 2 is 2.00 bits per heavy atom. The molecule has 0 aliphatic heterocycles. The van der Waals surface area contributed by atoms with Gasteiger partial charge in [-0.1, -0.05) is 6.92 Å². The van der Waals surface area contributed by atoms with Crippen molar-refractivity contribution in [1.29, 1.82) is 0 Å². The summed E-state index contributed by atoms with van der Waals surface area (Å²) < 4.78 is 0. The molecule has 0 aliphatic rings. The first-order valence-electron chi connectivity index (χ1n) is 2.82. The lowest BCUT2D eigenvalue weighted by Gasteiger charge is -1.80. The molecule has 0 aromatic rings. The number of nitrogens with zero attached hydrogens (tertiary/aromatic N) is 1. The molecule has 0 spiro atoms. The zero-order valence-electron chi connectivity index (χ0n) is 6.03. The van der Waals surface area contributed by atoms with Gasteiger partial charge in [0.05, 0.1) is 0 Å². The van der Waals surface area contributed by atoms with Gasteiger partial charge in [-0.3, -0.25) is 14.9 Å². The zero-order chi connectivity index (χ0) is 8.57. The van der Waals surface area contributed by atoms with Gasteiger partial charge in [0.1, 0.15) is 0 Å². The Hall–Kier alpha value is -1.13. The van der Waals surface area contributed by atoms with Gasteiger partial charge in [-0.15, -0.1) is 0 Å². The first kappa shape index (κ1) is 11.6. The molecule has 0 fully saturated rings. The average Bonchev–Trinajstić information content (AvgIpc) is 1.62.